The summed E-state index contributed by atoms with van der Waals surface area (Å²) in [5, 5.41) is 1.82. The lowest BCUT2D eigenvalue weighted by atomic mass is 9.99. The normalized spacial score (nSPS) is 18.2. The van der Waals surface area contributed by atoms with E-state index in [1.165, 1.54) is 11.5 Å². The summed E-state index contributed by atoms with van der Waals surface area (Å²) in [6, 6.07) is 9.33. The van der Waals surface area contributed by atoms with Gasteiger partial charge < -0.3 is 4.90 Å². The third-order valence-electron chi connectivity index (χ3n) is 4.64. The van der Waals surface area contributed by atoms with Crippen LogP contribution < -0.4 is 0 Å². The van der Waals surface area contributed by atoms with Crippen LogP contribution in [0.4, 0.5) is 0 Å². The van der Waals surface area contributed by atoms with E-state index < -0.39 is 0 Å². The van der Waals surface area contributed by atoms with E-state index in [1.807, 2.05) is 47.5 Å². The van der Waals surface area contributed by atoms with E-state index in [-0.39, 0.29) is 17.7 Å². The summed E-state index contributed by atoms with van der Waals surface area (Å²) in [5.41, 5.74) is 2.18. The predicted octanol–water partition coefficient (Wildman–Crippen LogP) is 4.11. The van der Waals surface area contributed by atoms with Crippen LogP contribution in [0.1, 0.15) is 58.5 Å². The van der Waals surface area contributed by atoms with E-state index >= 15 is 0 Å². The van der Waals surface area contributed by atoms with Crippen molar-refractivity contribution in [2.24, 2.45) is 0 Å². The first-order valence-corrected chi connectivity index (χ1v) is 9.30. The fourth-order valence-electron chi connectivity index (χ4n) is 3.27. The number of hydrogen-bond donors (Lipinski definition) is 0. The molecule has 1 fully saturated rings. The van der Waals surface area contributed by atoms with Gasteiger partial charge in [0.25, 0.3) is 5.91 Å². The van der Waals surface area contributed by atoms with Gasteiger partial charge in [-0.2, -0.15) is 4.37 Å². The number of carbonyl (C=O) groups excluding carboxylic acids is 2. The van der Waals surface area contributed by atoms with Gasteiger partial charge in [0.15, 0.2) is 5.78 Å². The quantitative estimate of drug-likeness (QED) is 0.786. The van der Waals surface area contributed by atoms with Gasteiger partial charge >= 0.3 is 0 Å². The summed E-state index contributed by atoms with van der Waals surface area (Å²) in [4.78, 5) is 27.4. The molecule has 0 spiro atoms. The van der Waals surface area contributed by atoms with Crippen molar-refractivity contribution >= 4 is 23.2 Å². The molecule has 0 N–H and O–H groups in total. The Balaban J connectivity index is 1.79. The Bertz CT molecular complexity index is 711. The molecule has 1 amide bonds. The molecule has 1 aromatic carbocycles. The van der Waals surface area contributed by atoms with Crippen LogP contribution >= 0.6 is 11.5 Å². The number of rotatable bonds is 4. The number of aryl methyl sites for hydroxylation is 1. The molecule has 0 radical (unpaired) electrons. The van der Waals surface area contributed by atoms with E-state index in [9.17, 15) is 9.59 Å². The van der Waals surface area contributed by atoms with Crippen molar-refractivity contribution < 1.29 is 9.59 Å². The van der Waals surface area contributed by atoms with Crippen LogP contribution in [0.3, 0.4) is 0 Å². The Labute approximate surface area is 146 Å². The maximum absolute atomic E-state index is 12.9. The van der Waals surface area contributed by atoms with Gasteiger partial charge in [0.05, 0.1) is 11.3 Å². The van der Waals surface area contributed by atoms with Crippen molar-refractivity contribution in [2.45, 2.75) is 45.1 Å². The molecule has 1 saturated heterocycles. The van der Waals surface area contributed by atoms with E-state index in [0.717, 1.165) is 43.5 Å². The van der Waals surface area contributed by atoms with Gasteiger partial charge in [-0.15, -0.1) is 0 Å². The highest BCUT2D eigenvalue weighted by molar-refractivity contribution is 7.03. The standard InChI is InChI=1S/C19H22N2O2S/c1-14-17(13-24-20-14)19(23)21-11-7-3-6-10-16(21)12-18(22)15-8-4-2-5-9-15/h2,4-5,8-9,13,16H,3,6-7,10-12H2,1H3. The largest absolute Gasteiger partial charge is 0.335 e. The lowest BCUT2D eigenvalue weighted by molar-refractivity contribution is 0.0659. The second kappa shape index (κ2) is 7.71. The Kier molecular flexibility index (Phi) is 5.41. The molecular weight excluding hydrogens is 320 g/mol. The summed E-state index contributed by atoms with van der Waals surface area (Å²) in [6.07, 6.45) is 4.46. The van der Waals surface area contributed by atoms with Crippen molar-refractivity contribution in [3.63, 3.8) is 0 Å². The highest BCUT2D eigenvalue weighted by Gasteiger charge is 2.29. The fourth-order valence-corrected chi connectivity index (χ4v) is 3.95. The number of ketones is 1. The van der Waals surface area contributed by atoms with Crippen LogP contribution in [0.2, 0.25) is 0 Å². The third-order valence-corrected chi connectivity index (χ3v) is 5.36. The monoisotopic (exact) mass is 342 g/mol. The highest BCUT2D eigenvalue weighted by atomic mass is 32.1. The van der Waals surface area contributed by atoms with E-state index in [4.69, 9.17) is 0 Å². The molecular formula is C19H22N2O2S. The first-order chi connectivity index (χ1) is 11.7. The first-order valence-electron chi connectivity index (χ1n) is 8.47. The van der Waals surface area contributed by atoms with Gasteiger partial charge in [-0.3, -0.25) is 9.59 Å². The van der Waals surface area contributed by atoms with Gasteiger partial charge in [-0.1, -0.05) is 43.2 Å². The third kappa shape index (κ3) is 3.73. The number of amides is 1. The maximum atomic E-state index is 12.9. The van der Waals surface area contributed by atoms with Gasteiger partial charge in [0.2, 0.25) is 0 Å². The number of Topliss-reactive ketones (excluding diaryl/α,β-unsaturated/α-hetero) is 1. The molecule has 2 heterocycles. The Hall–Kier alpha value is -2.01. The Morgan fingerprint density at radius 1 is 1.21 bits per heavy atom. The van der Waals surface area contributed by atoms with Crippen molar-refractivity contribution in [3.05, 3.63) is 52.5 Å². The zero-order valence-corrected chi connectivity index (χ0v) is 14.7. The topological polar surface area (TPSA) is 50.3 Å². The average Bonchev–Trinajstić information content (AvgIpc) is 2.89. The molecule has 3 rings (SSSR count). The van der Waals surface area contributed by atoms with Crippen LogP contribution in [0.5, 0.6) is 0 Å². The van der Waals surface area contributed by atoms with Gasteiger partial charge in [0, 0.05) is 30.0 Å². The van der Waals surface area contributed by atoms with Gasteiger partial charge in [-0.25, -0.2) is 0 Å². The Morgan fingerprint density at radius 3 is 2.71 bits per heavy atom. The SMILES string of the molecule is Cc1nscc1C(=O)N1CCCCCC1CC(=O)c1ccccc1. The molecule has 1 atom stereocenters. The molecule has 1 aliphatic rings. The van der Waals surface area contributed by atoms with E-state index in [2.05, 4.69) is 4.37 Å². The van der Waals surface area contributed by atoms with Crippen LogP contribution in [0.25, 0.3) is 0 Å². The minimum absolute atomic E-state index is 0.0213. The fraction of sp³-hybridized carbons (Fsp3) is 0.421. The molecule has 0 bridgehead atoms. The second-order valence-corrected chi connectivity index (χ2v) is 6.94. The minimum Gasteiger partial charge on any atom is -0.335 e. The zero-order chi connectivity index (χ0) is 16.9. The molecule has 24 heavy (non-hydrogen) atoms. The summed E-state index contributed by atoms with van der Waals surface area (Å²) in [5.74, 6) is 0.134. The molecule has 0 aliphatic carbocycles. The predicted molar refractivity (Wildman–Crippen MR) is 95.5 cm³/mol. The number of nitrogens with zero attached hydrogens (tertiary/aromatic N) is 2. The summed E-state index contributed by atoms with van der Waals surface area (Å²) < 4.78 is 4.22. The lowest BCUT2D eigenvalue weighted by Gasteiger charge is -2.29. The molecule has 1 unspecified atom stereocenters. The van der Waals surface area contributed by atoms with Crippen LogP contribution in [0, 0.1) is 6.92 Å². The molecule has 1 aliphatic heterocycles. The van der Waals surface area contributed by atoms with Crippen molar-refractivity contribution in [1.29, 1.82) is 0 Å². The van der Waals surface area contributed by atoms with E-state index in [1.54, 1.807) is 0 Å². The number of hydrogen-bond acceptors (Lipinski definition) is 4. The second-order valence-electron chi connectivity index (χ2n) is 6.31. The van der Waals surface area contributed by atoms with Gasteiger partial charge in [0.1, 0.15) is 0 Å². The summed E-state index contributed by atoms with van der Waals surface area (Å²) in [6.45, 7) is 2.59. The Morgan fingerprint density at radius 2 is 2.00 bits per heavy atom. The molecule has 4 nitrogen and oxygen atoms in total. The molecule has 5 heteroatoms. The van der Waals surface area contributed by atoms with Crippen LogP contribution in [-0.4, -0.2) is 33.6 Å². The molecule has 1 aromatic heterocycles. The summed E-state index contributed by atoms with van der Waals surface area (Å²) in [7, 11) is 0. The molecule has 0 saturated carbocycles. The average molecular weight is 342 g/mol. The molecule has 126 valence electrons. The van der Waals surface area contributed by atoms with Gasteiger partial charge in [-0.05, 0) is 31.3 Å². The smallest absolute Gasteiger partial charge is 0.256 e. The number of benzene rings is 1. The highest BCUT2D eigenvalue weighted by Crippen LogP contribution is 2.24. The van der Waals surface area contributed by atoms with Crippen molar-refractivity contribution in [1.82, 2.24) is 9.27 Å². The van der Waals surface area contributed by atoms with Crippen LogP contribution in [0.15, 0.2) is 35.7 Å². The zero-order valence-electron chi connectivity index (χ0n) is 13.9. The van der Waals surface area contributed by atoms with Crippen molar-refractivity contribution in [3.8, 4) is 0 Å². The number of aromatic nitrogens is 1. The lowest BCUT2D eigenvalue weighted by Crippen LogP contribution is -2.41. The van der Waals surface area contributed by atoms with E-state index in [0.29, 0.717) is 12.0 Å². The molecule has 2 aromatic rings. The maximum Gasteiger partial charge on any atom is 0.256 e. The van der Waals surface area contributed by atoms with Crippen molar-refractivity contribution in [2.75, 3.05) is 6.54 Å². The summed E-state index contributed by atoms with van der Waals surface area (Å²) >= 11 is 1.31. The van der Waals surface area contributed by atoms with Crippen LogP contribution in [-0.2, 0) is 0 Å². The number of likely N-dealkylation sites (tertiary alicyclic amines) is 1. The number of carbonyl (C=O) groups is 2. The first kappa shape index (κ1) is 16.8. The minimum atomic E-state index is -0.0213.